The van der Waals surface area contributed by atoms with Gasteiger partial charge in [0.2, 0.25) is 11.7 Å². The maximum Gasteiger partial charge on any atom is 0.317 e. The molecule has 2 aromatic heterocycles. The van der Waals surface area contributed by atoms with Crippen LogP contribution < -0.4 is 5.32 Å². The first-order valence-corrected chi connectivity index (χ1v) is 11.2. The van der Waals surface area contributed by atoms with Gasteiger partial charge in [0, 0.05) is 30.1 Å². The lowest BCUT2D eigenvalue weighted by Crippen LogP contribution is -2.46. The lowest BCUT2D eigenvalue weighted by Gasteiger charge is -2.32. The molecule has 2 atom stereocenters. The van der Waals surface area contributed by atoms with E-state index in [1.165, 1.54) is 17.0 Å². The molecule has 3 aromatic rings. The molecule has 164 valence electrons. The average Bonchev–Trinajstić information content (AvgIpc) is 3.47. The highest BCUT2D eigenvalue weighted by atomic mass is 32.1. The second kappa shape index (κ2) is 9.57. The number of hydrogen-bond acceptors (Lipinski definition) is 6. The molecule has 1 aliphatic rings. The second-order valence-corrected chi connectivity index (χ2v) is 8.91. The number of benzene rings is 1. The molecular weight excluding hydrogens is 417 g/mol. The van der Waals surface area contributed by atoms with Crippen LogP contribution in [0.15, 0.2) is 46.3 Å². The van der Waals surface area contributed by atoms with Crippen LogP contribution in [-0.2, 0) is 0 Å². The van der Waals surface area contributed by atoms with E-state index in [0.717, 1.165) is 12.8 Å². The van der Waals surface area contributed by atoms with Crippen LogP contribution in [0.25, 0.3) is 11.4 Å². The van der Waals surface area contributed by atoms with Gasteiger partial charge in [-0.05, 0) is 62.6 Å². The molecule has 0 spiro atoms. The van der Waals surface area contributed by atoms with Gasteiger partial charge in [0.1, 0.15) is 5.82 Å². The molecule has 1 saturated heterocycles. The van der Waals surface area contributed by atoms with Gasteiger partial charge >= 0.3 is 6.03 Å². The fraction of sp³-hybridized carbons (Fsp3) is 0.409. The van der Waals surface area contributed by atoms with Crippen LogP contribution in [0.5, 0.6) is 0 Å². The summed E-state index contributed by atoms with van der Waals surface area (Å²) in [6, 6.07) is 10.2. The van der Waals surface area contributed by atoms with Crippen molar-refractivity contribution in [2.45, 2.75) is 24.8 Å². The number of halogens is 1. The van der Waals surface area contributed by atoms with Crippen molar-refractivity contribution in [1.82, 2.24) is 25.3 Å². The number of likely N-dealkylation sites (tertiary alicyclic amines) is 1. The van der Waals surface area contributed by atoms with Crippen molar-refractivity contribution in [3.05, 3.63) is 58.4 Å². The van der Waals surface area contributed by atoms with Crippen LogP contribution in [0.2, 0.25) is 0 Å². The zero-order valence-corrected chi connectivity index (χ0v) is 18.4. The maximum atomic E-state index is 13.1. The number of carbonyl (C=O) groups is 1. The van der Waals surface area contributed by atoms with Gasteiger partial charge in [0.05, 0.1) is 12.0 Å². The van der Waals surface area contributed by atoms with Crippen molar-refractivity contribution < 1.29 is 13.7 Å². The maximum absolute atomic E-state index is 13.1. The van der Waals surface area contributed by atoms with Crippen LogP contribution in [0, 0.1) is 5.82 Å². The van der Waals surface area contributed by atoms with Gasteiger partial charge in [-0.1, -0.05) is 11.2 Å². The summed E-state index contributed by atoms with van der Waals surface area (Å²) >= 11 is 1.69. The molecule has 9 heteroatoms. The van der Waals surface area contributed by atoms with E-state index < -0.39 is 0 Å². The minimum Gasteiger partial charge on any atom is -0.339 e. The summed E-state index contributed by atoms with van der Waals surface area (Å²) < 4.78 is 18.6. The van der Waals surface area contributed by atoms with Gasteiger partial charge in [-0.15, -0.1) is 11.3 Å². The van der Waals surface area contributed by atoms with E-state index in [2.05, 4.69) is 26.4 Å². The number of thiophene rings is 1. The number of amides is 2. The molecule has 2 unspecified atom stereocenters. The fourth-order valence-corrected chi connectivity index (χ4v) is 4.72. The summed E-state index contributed by atoms with van der Waals surface area (Å²) in [6.07, 6.45) is 1.75. The Hall–Kier alpha value is -2.78. The van der Waals surface area contributed by atoms with Crippen LogP contribution >= 0.6 is 11.3 Å². The molecule has 1 aliphatic heterocycles. The summed E-state index contributed by atoms with van der Waals surface area (Å²) in [7, 11) is 4.03. The highest BCUT2D eigenvalue weighted by molar-refractivity contribution is 7.10. The van der Waals surface area contributed by atoms with Gasteiger partial charge in [-0.3, -0.25) is 0 Å². The zero-order chi connectivity index (χ0) is 21.8. The van der Waals surface area contributed by atoms with Gasteiger partial charge in [-0.2, -0.15) is 4.98 Å². The smallest absolute Gasteiger partial charge is 0.317 e. The van der Waals surface area contributed by atoms with E-state index in [-0.39, 0.29) is 23.8 Å². The molecule has 2 amide bonds. The van der Waals surface area contributed by atoms with E-state index in [9.17, 15) is 9.18 Å². The minimum atomic E-state index is -0.308. The van der Waals surface area contributed by atoms with Crippen molar-refractivity contribution >= 4 is 17.4 Å². The Morgan fingerprint density at radius 1 is 1.35 bits per heavy atom. The van der Waals surface area contributed by atoms with Crippen molar-refractivity contribution in [3.8, 4) is 11.4 Å². The third-order valence-corrected chi connectivity index (χ3v) is 6.52. The number of aromatic nitrogens is 2. The van der Waals surface area contributed by atoms with Gasteiger partial charge < -0.3 is 19.6 Å². The van der Waals surface area contributed by atoms with Crippen LogP contribution in [0.3, 0.4) is 0 Å². The average molecular weight is 444 g/mol. The predicted molar refractivity (Wildman–Crippen MR) is 117 cm³/mol. The normalized spacial score (nSPS) is 17.7. The highest BCUT2D eigenvalue weighted by Crippen LogP contribution is 2.28. The van der Waals surface area contributed by atoms with E-state index in [4.69, 9.17) is 4.52 Å². The zero-order valence-electron chi connectivity index (χ0n) is 17.6. The number of nitrogens with zero attached hydrogens (tertiary/aromatic N) is 4. The summed E-state index contributed by atoms with van der Waals surface area (Å²) in [6.45, 7) is 1.78. The monoisotopic (exact) mass is 443 g/mol. The summed E-state index contributed by atoms with van der Waals surface area (Å²) in [5.74, 6) is 0.628. The Bertz CT molecular complexity index is 990. The number of nitrogens with one attached hydrogen (secondary N) is 1. The minimum absolute atomic E-state index is 0.0110. The van der Waals surface area contributed by atoms with Gasteiger partial charge in [0.15, 0.2) is 0 Å². The summed E-state index contributed by atoms with van der Waals surface area (Å²) in [5.41, 5.74) is 0.699. The third kappa shape index (κ3) is 5.11. The molecule has 4 rings (SSSR count). The van der Waals surface area contributed by atoms with E-state index >= 15 is 0 Å². The number of rotatable bonds is 6. The predicted octanol–water partition coefficient (Wildman–Crippen LogP) is 4.13. The summed E-state index contributed by atoms with van der Waals surface area (Å²) in [5, 5.41) is 9.17. The Morgan fingerprint density at radius 3 is 2.87 bits per heavy atom. The number of carbonyl (C=O) groups excluding carboxylic acids is 1. The Kier molecular flexibility index (Phi) is 6.62. The SMILES string of the molecule is CN(C)C(CNC(=O)N1CCCC(c2nc(-c3ccc(F)cc3)no2)C1)c1cccs1. The van der Waals surface area contributed by atoms with E-state index in [1.807, 2.05) is 30.4 Å². The van der Waals surface area contributed by atoms with Gasteiger partial charge in [0.25, 0.3) is 0 Å². The Morgan fingerprint density at radius 2 is 2.16 bits per heavy atom. The molecule has 3 heterocycles. The number of urea groups is 1. The molecule has 1 fully saturated rings. The van der Waals surface area contributed by atoms with Crippen LogP contribution in [0.4, 0.5) is 9.18 Å². The molecule has 0 aliphatic carbocycles. The van der Waals surface area contributed by atoms with Crippen LogP contribution in [0.1, 0.15) is 35.6 Å². The molecule has 1 aromatic carbocycles. The van der Waals surface area contributed by atoms with Crippen molar-refractivity contribution in [3.63, 3.8) is 0 Å². The lowest BCUT2D eigenvalue weighted by atomic mass is 9.98. The van der Waals surface area contributed by atoms with Crippen molar-refractivity contribution in [1.29, 1.82) is 0 Å². The van der Waals surface area contributed by atoms with Crippen molar-refractivity contribution in [2.75, 3.05) is 33.7 Å². The number of likely N-dealkylation sites (N-methyl/N-ethyl adjacent to an activating group) is 1. The van der Waals surface area contributed by atoms with E-state index in [1.54, 1.807) is 23.5 Å². The van der Waals surface area contributed by atoms with Crippen molar-refractivity contribution in [2.24, 2.45) is 0 Å². The third-order valence-electron chi connectivity index (χ3n) is 5.54. The first-order valence-electron chi connectivity index (χ1n) is 10.3. The quantitative estimate of drug-likeness (QED) is 0.620. The standard InChI is InChI=1S/C22H26FN5O2S/c1-27(2)18(19-6-4-12-31-19)13-24-22(29)28-11-3-5-16(14-28)21-25-20(26-30-21)15-7-9-17(23)10-8-15/h4,6-10,12,16,18H,3,5,11,13-14H2,1-2H3,(H,24,29). The molecule has 31 heavy (non-hydrogen) atoms. The Balaban J connectivity index is 1.37. The fourth-order valence-electron chi connectivity index (χ4n) is 3.79. The number of hydrogen-bond donors (Lipinski definition) is 1. The lowest BCUT2D eigenvalue weighted by molar-refractivity contribution is 0.168. The number of piperidine rings is 1. The molecule has 7 nitrogen and oxygen atoms in total. The first kappa shape index (κ1) is 21.5. The second-order valence-electron chi connectivity index (χ2n) is 7.93. The largest absolute Gasteiger partial charge is 0.339 e. The molecular formula is C22H26FN5O2S. The Labute approximate surface area is 184 Å². The topological polar surface area (TPSA) is 74.5 Å². The molecule has 0 saturated carbocycles. The molecule has 0 radical (unpaired) electrons. The highest BCUT2D eigenvalue weighted by Gasteiger charge is 2.29. The van der Waals surface area contributed by atoms with Crippen LogP contribution in [-0.4, -0.2) is 59.7 Å². The van der Waals surface area contributed by atoms with Gasteiger partial charge in [-0.25, -0.2) is 9.18 Å². The van der Waals surface area contributed by atoms with E-state index in [0.29, 0.717) is 36.9 Å². The molecule has 1 N–H and O–H groups in total. The first-order chi connectivity index (χ1) is 15.0. The molecule has 0 bridgehead atoms. The summed E-state index contributed by atoms with van der Waals surface area (Å²) in [4.78, 5) is 22.5.